The normalized spacial score (nSPS) is 11.6. The molecule has 0 aliphatic heterocycles. The highest BCUT2D eigenvalue weighted by Gasteiger charge is 2.18. The molecule has 56 heavy (non-hydrogen) atoms. The van der Waals surface area contributed by atoms with E-state index in [1.54, 1.807) is 0 Å². The molecule has 0 bridgehead atoms. The molecule has 2 heteroatoms. The van der Waals surface area contributed by atoms with E-state index in [0.29, 0.717) is 0 Å². The summed E-state index contributed by atoms with van der Waals surface area (Å²) in [5, 5.41) is 4.97. The lowest BCUT2D eigenvalue weighted by Gasteiger charge is -2.11. The van der Waals surface area contributed by atoms with Crippen molar-refractivity contribution >= 4 is 43.6 Å². The summed E-state index contributed by atoms with van der Waals surface area (Å²) >= 11 is 0. The number of aromatic nitrogens is 2. The summed E-state index contributed by atoms with van der Waals surface area (Å²) in [6.45, 7) is 0. The molecule has 0 aliphatic rings. The number of para-hydroxylation sites is 2. The molecule has 262 valence electrons. The summed E-state index contributed by atoms with van der Waals surface area (Å²) in [7, 11) is 0. The molecule has 0 atom stereocenters. The van der Waals surface area contributed by atoms with Crippen molar-refractivity contribution < 1.29 is 0 Å². The van der Waals surface area contributed by atoms with Crippen LogP contribution in [0.3, 0.4) is 0 Å². The molecule has 0 aliphatic carbocycles. The fourth-order valence-corrected chi connectivity index (χ4v) is 8.69. The summed E-state index contributed by atoms with van der Waals surface area (Å²) in [4.78, 5) is 0. The van der Waals surface area contributed by atoms with Gasteiger partial charge in [0.1, 0.15) is 0 Å². The van der Waals surface area contributed by atoms with E-state index in [1.807, 2.05) is 0 Å². The van der Waals surface area contributed by atoms with Crippen LogP contribution in [0.1, 0.15) is 0 Å². The van der Waals surface area contributed by atoms with Gasteiger partial charge in [0.2, 0.25) is 0 Å². The van der Waals surface area contributed by atoms with Crippen LogP contribution in [0, 0.1) is 0 Å². The van der Waals surface area contributed by atoms with Gasteiger partial charge in [0.15, 0.2) is 0 Å². The number of hydrogen-bond acceptors (Lipinski definition) is 0. The van der Waals surface area contributed by atoms with Gasteiger partial charge in [-0.25, -0.2) is 0 Å². The van der Waals surface area contributed by atoms with Crippen LogP contribution < -0.4 is 0 Å². The molecule has 0 N–H and O–H groups in total. The van der Waals surface area contributed by atoms with Gasteiger partial charge >= 0.3 is 0 Å². The zero-order valence-corrected chi connectivity index (χ0v) is 30.7. The maximum absolute atomic E-state index is 2.40. The predicted octanol–water partition coefficient (Wildman–Crippen LogP) is 14.5. The molecule has 0 saturated heterocycles. The lowest BCUT2D eigenvalue weighted by atomic mass is 9.93. The summed E-state index contributed by atoms with van der Waals surface area (Å²) < 4.78 is 4.80. The van der Waals surface area contributed by atoms with Gasteiger partial charge in [-0.05, 0) is 111 Å². The Morgan fingerprint density at radius 3 is 1.20 bits per heavy atom. The maximum Gasteiger partial charge on any atom is 0.0541 e. The van der Waals surface area contributed by atoms with E-state index in [9.17, 15) is 0 Å². The molecular formula is C54H36N2. The topological polar surface area (TPSA) is 9.86 Å². The van der Waals surface area contributed by atoms with E-state index in [2.05, 4.69) is 228 Å². The van der Waals surface area contributed by atoms with Crippen LogP contribution in [0.25, 0.3) is 99.5 Å². The number of hydrogen-bond donors (Lipinski definition) is 0. The molecule has 0 spiro atoms. The Labute approximate surface area is 325 Å². The fourth-order valence-electron chi connectivity index (χ4n) is 8.69. The van der Waals surface area contributed by atoms with Gasteiger partial charge in [-0.1, -0.05) is 152 Å². The monoisotopic (exact) mass is 712 g/mol. The first-order chi connectivity index (χ1) is 27.8. The average molecular weight is 713 g/mol. The molecule has 0 radical (unpaired) electrons. The molecule has 0 amide bonds. The quantitative estimate of drug-likeness (QED) is 0.162. The average Bonchev–Trinajstić information content (AvgIpc) is 3.79. The molecule has 0 saturated carbocycles. The Hall–Kier alpha value is -7.42. The Morgan fingerprint density at radius 2 is 0.589 bits per heavy atom. The van der Waals surface area contributed by atoms with Crippen molar-refractivity contribution in [1.82, 2.24) is 9.13 Å². The van der Waals surface area contributed by atoms with E-state index >= 15 is 0 Å². The van der Waals surface area contributed by atoms with Crippen LogP contribution in [0.4, 0.5) is 0 Å². The van der Waals surface area contributed by atoms with Crippen molar-refractivity contribution in [3.8, 4) is 55.9 Å². The van der Waals surface area contributed by atoms with Crippen LogP contribution in [0.2, 0.25) is 0 Å². The van der Waals surface area contributed by atoms with Gasteiger partial charge < -0.3 is 9.13 Å². The van der Waals surface area contributed by atoms with E-state index in [4.69, 9.17) is 0 Å². The first-order valence-electron chi connectivity index (χ1n) is 19.3. The molecule has 2 aromatic heterocycles. The van der Waals surface area contributed by atoms with Gasteiger partial charge in [-0.2, -0.15) is 0 Å². The van der Waals surface area contributed by atoms with Crippen LogP contribution in [0.15, 0.2) is 218 Å². The minimum Gasteiger partial charge on any atom is -0.309 e. The first-order valence-corrected chi connectivity index (χ1v) is 19.3. The number of benzene rings is 9. The third-order valence-corrected chi connectivity index (χ3v) is 11.3. The molecular weight excluding hydrogens is 677 g/mol. The number of fused-ring (bicyclic) bond motifs is 6. The van der Waals surface area contributed by atoms with Crippen molar-refractivity contribution in [2.24, 2.45) is 0 Å². The molecule has 9 aromatic carbocycles. The maximum atomic E-state index is 2.40. The highest BCUT2D eigenvalue weighted by Crippen LogP contribution is 2.41. The largest absolute Gasteiger partial charge is 0.309 e. The molecule has 0 unspecified atom stereocenters. The minimum atomic E-state index is 1.16. The SMILES string of the molecule is c1ccc(-c2ccc(-n3c4ccccc4c4cc(-c5ccc6c(c5)c5cc(-c7ccccc7-c7ccccc7)ccc5n6-c5ccccc5)ccc43)cc2)cc1. The first kappa shape index (κ1) is 32.0. The van der Waals surface area contributed by atoms with Crippen molar-refractivity contribution in [2.75, 3.05) is 0 Å². The molecule has 2 nitrogen and oxygen atoms in total. The second-order valence-corrected chi connectivity index (χ2v) is 14.5. The summed E-state index contributed by atoms with van der Waals surface area (Å²) in [5.74, 6) is 0. The zero-order valence-electron chi connectivity index (χ0n) is 30.7. The lowest BCUT2D eigenvalue weighted by molar-refractivity contribution is 1.18. The Kier molecular flexibility index (Phi) is 7.53. The molecule has 11 rings (SSSR count). The molecule has 0 fully saturated rings. The van der Waals surface area contributed by atoms with E-state index in [0.717, 1.165) is 11.4 Å². The van der Waals surface area contributed by atoms with Crippen LogP contribution >= 0.6 is 0 Å². The van der Waals surface area contributed by atoms with Crippen molar-refractivity contribution in [3.05, 3.63) is 218 Å². The minimum absolute atomic E-state index is 1.16. The summed E-state index contributed by atoms with van der Waals surface area (Å²) in [6.07, 6.45) is 0. The van der Waals surface area contributed by atoms with Crippen molar-refractivity contribution in [2.45, 2.75) is 0 Å². The van der Waals surface area contributed by atoms with E-state index in [1.165, 1.54) is 88.1 Å². The Balaban J connectivity index is 1.08. The second-order valence-electron chi connectivity index (χ2n) is 14.5. The number of rotatable bonds is 6. The Bertz CT molecular complexity index is 3210. The predicted molar refractivity (Wildman–Crippen MR) is 237 cm³/mol. The second kappa shape index (κ2) is 13.2. The van der Waals surface area contributed by atoms with Crippen LogP contribution in [-0.4, -0.2) is 9.13 Å². The smallest absolute Gasteiger partial charge is 0.0541 e. The fraction of sp³-hybridized carbons (Fsp3) is 0. The third kappa shape index (κ3) is 5.26. The van der Waals surface area contributed by atoms with Crippen LogP contribution in [-0.2, 0) is 0 Å². The molecule has 2 heterocycles. The molecule has 11 aromatic rings. The number of nitrogens with zero attached hydrogens (tertiary/aromatic N) is 2. The van der Waals surface area contributed by atoms with Gasteiger partial charge in [0.25, 0.3) is 0 Å². The van der Waals surface area contributed by atoms with Gasteiger partial charge in [0.05, 0.1) is 22.1 Å². The summed E-state index contributed by atoms with van der Waals surface area (Å²) in [6, 6.07) is 79.4. The van der Waals surface area contributed by atoms with E-state index in [-0.39, 0.29) is 0 Å². The lowest BCUT2D eigenvalue weighted by Crippen LogP contribution is -1.94. The van der Waals surface area contributed by atoms with Crippen LogP contribution in [0.5, 0.6) is 0 Å². The van der Waals surface area contributed by atoms with Gasteiger partial charge in [-0.15, -0.1) is 0 Å². The zero-order chi connectivity index (χ0) is 37.0. The van der Waals surface area contributed by atoms with Crippen molar-refractivity contribution in [1.29, 1.82) is 0 Å². The van der Waals surface area contributed by atoms with Crippen molar-refractivity contribution in [3.63, 3.8) is 0 Å². The third-order valence-electron chi connectivity index (χ3n) is 11.3. The van der Waals surface area contributed by atoms with Gasteiger partial charge in [-0.3, -0.25) is 0 Å². The summed E-state index contributed by atoms with van der Waals surface area (Å²) in [5.41, 5.74) is 16.8. The van der Waals surface area contributed by atoms with E-state index < -0.39 is 0 Å². The highest BCUT2D eigenvalue weighted by atomic mass is 15.0. The standard InChI is InChI=1S/C54H36N2/c1-4-14-37(15-5-1)38-24-29-44(30-25-38)56-51-23-13-12-22-47(51)48-34-40(26-31-52(48)56)41-27-32-53-49(35-41)50-36-42(28-33-54(50)55(53)43-18-8-3-9-19-43)46-21-11-10-20-45(46)39-16-6-2-7-17-39/h1-36H. The van der Waals surface area contributed by atoms with Gasteiger partial charge in [0, 0.05) is 32.9 Å². The Morgan fingerprint density at radius 1 is 0.214 bits per heavy atom. The highest BCUT2D eigenvalue weighted by molar-refractivity contribution is 6.13.